The molecule has 1 atom stereocenters. The van der Waals surface area contributed by atoms with Crippen LogP contribution in [0.3, 0.4) is 0 Å². The Balaban J connectivity index is 1.03. The summed E-state index contributed by atoms with van der Waals surface area (Å²) in [6, 6.07) is 12.7. The molecule has 50 heavy (non-hydrogen) atoms. The number of amides is 2. The predicted molar refractivity (Wildman–Crippen MR) is 201 cm³/mol. The van der Waals surface area contributed by atoms with E-state index in [1.165, 1.54) is 16.2 Å². The molecule has 2 aromatic carbocycles. The number of nitrogens with one attached hydrogen (secondary N) is 3. The van der Waals surface area contributed by atoms with Gasteiger partial charge in [-0.1, -0.05) is 29.8 Å². The van der Waals surface area contributed by atoms with E-state index in [1.807, 2.05) is 68.7 Å². The maximum Gasteiger partial charge on any atom is 0.257 e. The first kappa shape index (κ1) is 35.4. The molecule has 0 unspecified atom stereocenters. The van der Waals surface area contributed by atoms with Crippen LogP contribution in [0.4, 0.5) is 10.8 Å². The smallest absolute Gasteiger partial charge is 0.257 e. The van der Waals surface area contributed by atoms with Crippen LogP contribution < -0.4 is 16.0 Å². The van der Waals surface area contributed by atoms with Crippen molar-refractivity contribution < 1.29 is 14.3 Å². The summed E-state index contributed by atoms with van der Waals surface area (Å²) in [5, 5.41) is 20.3. The fourth-order valence-electron chi connectivity index (χ4n) is 5.77. The summed E-state index contributed by atoms with van der Waals surface area (Å²) in [7, 11) is 0. The molecule has 0 spiro atoms. The second-order valence-electron chi connectivity index (χ2n) is 12.1. The summed E-state index contributed by atoms with van der Waals surface area (Å²) in [5.74, 6) is 1.03. The molecule has 3 N–H and O–H groups in total. The lowest BCUT2D eigenvalue weighted by molar-refractivity contribution is -0.121. The van der Waals surface area contributed by atoms with E-state index in [4.69, 9.17) is 21.3 Å². The molecule has 4 heterocycles. The van der Waals surface area contributed by atoms with Crippen LogP contribution in [0.25, 0.3) is 5.00 Å². The van der Waals surface area contributed by atoms with Gasteiger partial charge in [-0.3, -0.25) is 24.5 Å². The minimum Gasteiger partial charge on any atom is -0.382 e. The number of carbonyl (C=O) groups is 2. The lowest BCUT2D eigenvalue weighted by Crippen LogP contribution is -2.29. The number of hydrogen-bond acceptors (Lipinski definition) is 10. The zero-order chi connectivity index (χ0) is 35.5. The van der Waals surface area contributed by atoms with Crippen LogP contribution in [0.1, 0.15) is 72.2 Å². The quantitative estimate of drug-likeness (QED) is 0.117. The van der Waals surface area contributed by atoms with Crippen molar-refractivity contribution >= 4 is 62.6 Å². The molecule has 3 aromatic heterocycles. The fourth-order valence-corrected chi connectivity index (χ4v) is 7.92. The van der Waals surface area contributed by atoms with Gasteiger partial charge < -0.3 is 15.4 Å². The van der Waals surface area contributed by atoms with Gasteiger partial charge in [-0.25, -0.2) is 4.98 Å². The lowest BCUT2D eigenvalue weighted by atomic mass is 9.99. The standard InChI is InChI=1S/C36H39ClN8O3S2/c1-19-22(4)49-35-31(19)32(25-10-12-26(37)13-11-25)41-29(33-44-43-24(6)45(33)35)18-30(46)39-15-17-48-16-14-38-28-9-7-8-27(20(28)2)34(47)42-36-40-21(3)23(5)50-36/h7-13,29,38H,14-18H2,1-6H3,(H,39,46)(H,40,42,47)/t29-/m0/s1. The number of thiophene rings is 1. The molecule has 2 amide bonds. The number of anilines is 2. The third-order valence-electron chi connectivity index (χ3n) is 8.69. The van der Waals surface area contributed by atoms with Crippen molar-refractivity contribution in [3.05, 3.63) is 102 Å². The third-order valence-corrected chi connectivity index (χ3v) is 11.1. The van der Waals surface area contributed by atoms with Crippen molar-refractivity contribution in [1.29, 1.82) is 0 Å². The first-order valence-corrected chi connectivity index (χ1v) is 18.3. The van der Waals surface area contributed by atoms with Gasteiger partial charge in [0, 0.05) is 50.2 Å². The summed E-state index contributed by atoms with van der Waals surface area (Å²) in [6.07, 6.45) is 0.106. The molecule has 260 valence electrons. The Hall–Kier alpha value is -4.43. The number of thiazole rings is 1. The van der Waals surface area contributed by atoms with Gasteiger partial charge in [0.05, 0.1) is 31.0 Å². The summed E-state index contributed by atoms with van der Waals surface area (Å²) >= 11 is 9.35. The zero-order valence-corrected chi connectivity index (χ0v) is 31.2. The highest BCUT2D eigenvalue weighted by atomic mass is 35.5. The van der Waals surface area contributed by atoms with Crippen LogP contribution in [0, 0.1) is 41.5 Å². The van der Waals surface area contributed by atoms with Crippen molar-refractivity contribution in [2.24, 2.45) is 4.99 Å². The van der Waals surface area contributed by atoms with E-state index in [9.17, 15) is 9.59 Å². The third kappa shape index (κ3) is 7.51. The van der Waals surface area contributed by atoms with Gasteiger partial charge in [-0.15, -0.1) is 32.9 Å². The van der Waals surface area contributed by atoms with E-state index < -0.39 is 6.04 Å². The van der Waals surface area contributed by atoms with Gasteiger partial charge in [-0.05, 0) is 76.9 Å². The Morgan fingerprint density at radius 2 is 1.68 bits per heavy atom. The average Bonchev–Trinajstić information content (AvgIpc) is 3.69. The van der Waals surface area contributed by atoms with Crippen LogP contribution >= 0.6 is 34.3 Å². The predicted octanol–water partition coefficient (Wildman–Crippen LogP) is 7.07. The summed E-state index contributed by atoms with van der Waals surface area (Å²) in [4.78, 5) is 38.0. The normalized spacial score (nSPS) is 13.7. The van der Waals surface area contributed by atoms with Crippen LogP contribution in [0.5, 0.6) is 0 Å². The van der Waals surface area contributed by atoms with Crippen molar-refractivity contribution in [1.82, 2.24) is 25.1 Å². The van der Waals surface area contributed by atoms with E-state index in [2.05, 4.69) is 45.0 Å². The summed E-state index contributed by atoms with van der Waals surface area (Å²) in [6.45, 7) is 13.6. The highest BCUT2D eigenvalue weighted by Crippen LogP contribution is 2.39. The highest BCUT2D eigenvalue weighted by Gasteiger charge is 2.32. The number of benzene rings is 2. The number of nitrogens with zero attached hydrogens (tertiary/aromatic N) is 5. The van der Waals surface area contributed by atoms with Crippen molar-refractivity contribution in [3.63, 3.8) is 0 Å². The monoisotopic (exact) mass is 730 g/mol. The Morgan fingerprint density at radius 3 is 2.42 bits per heavy atom. The molecule has 1 aliphatic heterocycles. The molecule has 6 rings (SSSR count). The molecule has 5 aromatic rings. The minimum absolute atomic E-state index is 0.106. The largest absolute Gasteiger partial charge is 0.382 e. The Bertz CT molecular complexity index is 2060. The number of halogens is 1. The minimum atomic E-state index is -0.540. The van der Waals surface area contributed by atoms with E-state index >= 15 is 0 Å². The number of fused-ring (bicyclic) bond motifs is 3. The molecular weight excluding hydrogens is 692 g/mol. The zero-order valence-electron chi connectivity index (χ0n) is 28.8. The molecule has 0 bridgehead atoms. The SMILES string of the molecule is Cc1nc(NC(=O)c2cccc(NCCOCCNC(=O)C[C@@H]3N=C(c4ccc(Cl)cc4)c4c(sc(C)c4C)-n4c(C)nnc43)c2C)sc1C. The molecule has 0 fully saturated rings. The molecular formula is C36H39ClN8O3S2. The summed E-state index contributed by atoms with van der Waals surface area (Å²) in [5.41, 5.74) is 7.08. The van der Waals surface area contributed by atoms with E-state index in [0.29, 0.717) is 47.8 Å². The Morgan fingerprint density at radius 1 is 0.920 bits per heavy atom. The van der Waals surface area contributed by atoms with Crippen LogP contribution in [-0.2, 0) is 9.53 Å². The van der Waals surface area contributed by atoms with Gasteiger partial charge in [0.1, 0.15) is 16.9 Å². The molecule has 14 heteroatoms. The van der Waals surface area contributed by atoms with Gasteiger partial charge in [-0.2, -0.15) is 0 Å². The molecule has 0 saturated heterocycles. The maximum atomic E-state index is 13.2. The molecule has 11 nitrogen and oxygen atoms in total. The van der Waals surface area contributed by atoms with Gasteiger partial charge >= 0.3 is 0 Å². The topological polar surface area (TPSA) is 135 Å². The highest BCUT2D eigenvalue weighted by molar-refractivity contribution is 7.16. The fraction of sp³-hybridized carbons (Fsp3) is 0.333. The van der Waals surface area contributed by atoms with Crippen LogP contribution in [0.2, 0.25) is 5.02 Å². The second kappa shape index (κ2) is 15.2. The molecule has 0 saturated carbocycles. The van der Waals surface area contributed by atoms with Gasteiger partial charge in [0.15, 0.2) is 11.0 Å². The van der Waals surface area contributed by atoms with Crippen molar-refractivity contribution in [2.75, 3.05) is 36.9 Å². The van der Waals surface area contributed by atoms with Crippen molar-refractivity contribution in [2.45, 2.75) is 54.0 Å². The molecule has 1 aliphatic rings. The maximum absolute atomic E-state index is 13.2. The number of carbonyl (C=O) groups excluding carboxylic acids is 2. The molecule has 0 radical (unpaired) electrons. The van der Waals surface area contributed by atoms with E-state index in [-0.39, 0.29) is 18.2 Å². The molecule has 0 aliphatic carbocycles. The van der Waals surface area contributed by atoms with Gasteiger partial charge in [0.25, 0.3) is 5.91 Å². The number of aromatic nitrogens is 4. The first-order chi connectivity index (χ1) is 24.0. The first-order valence-electron chi connectivity index (χ1n) is 16.3. The average molecular weight is 731 g/mol. The van der Waals surface area contributed by atoms with E-state index in [0.717, 1.165) is 55.0 Å². The number of rotatable bonds is 12. The van der Waals surface area contributed by atoms with Crippen molar-refractivity contribution in [3.8, 4) is 5.00 Å². The Kier molecular flexibility index (Phi) is 10.8. The number of ether oxygens (including phenoxy) is 1. The van der Waals surface area contributed by atoms with Crippen LogP contribution in [0.15, 0.2) is 47.5 Å². The lowest BCUT2D eigenvalue weighted by Gasteiger charge is -2.14. The number of hydrogen-bond donors (Lipinski definition) is 3. The van der Waals surface area contributed by atoms with Crippen LogP contribution in [-0.4, -0.2) is 63.6 Å². The Labute approximate surface area is 304 Å². The van der Waals surface area contributed by atoms with Gasteiger partial charge in [0.2, 0.25) is 5.91 Å². The van der Waals surface area contributed by atoms with E-state index in [1.54, 1.807) is 17.4 Å². The number of aliphatic imine (C=N–C) groups is 1. The second-order valence-corrected chi connectivity index (χ2v) is 14.9. The number of aryl methyl sites for hydroxylation is 4. The summed E-state index contributed by atoms with van der Waals surface area (Å²) < 4.78 is 7.83.